The fourth-order valence-electron chi connectivity index (χ4n) is 1.32. The van der Waals surface area contributed by atoms with Gasteiger partial charge in [0.2, 0.25) is 0 Å². The lowest BCUT2D eigenvalue weighted by Crippen LogP contribution is -2.13. The van der Waals surface area contributed by atoms with Crippen LogP contribution in [-0.2, 0) is 0 Å². The summed E-state index contributed by atoms with van der Waals surface area (Å²) in [7, 11) is 0. The molecule has 0 N–H and O–H groups in total. The Morgan fingerprint density at radius 2 is 1.76 bits per heavy atom. The van der Waals surface area contributed by atoms with E-state index in [0.717, 1.165) is 11.5 Å². The summed E-state index contributed by atoms with van der Waals surface area (Å²) in [6.07, 6.45) is 0.698. The summed E-state index contributed by atoms with van der Waals surface area (Å²) in [6, 6.07) is 9.84. The predicted molar refractivity (Wildman–Crippen MR) is 67.1 cm³/mol. The molecule has 0 aliphatic rings. The maximum absolute atomic E-state index is 8.90. The second-order valence-corrected chi connectivity index (χ2v) is 4.47. The van der Waals surface area contributed by atoms with E-state index < -0.39 is 0 Å². The van der Waals surface area contributed by atoms with Crippen molar-refractivity contribution in [2.75, 3.05) is 13.2 Å². The second-order valence-electron chi connectivity index (χ2n) is 4.47. The fourth-order valence-corrected chi connectivity index (χ4v) is 1.32. The predicted octanol–water partition coefficient (Wildman–Crippen LogP) is 3.40. The molecule has 1 rings (SSSR count). The number of nitriles is 1. The first kappa shape index (κ1) is 13.4. The minimum absolute atomic E-state index is 0.347. The van der Waals surface area contributed by atoms with E-state index in [4.69, 9.17) is 14.7 Å². The molecule has 0 heterocycles. The van der Waals surface area contributed by atoms with E-state index in [1.807, 2.05) is 45.0 Å². The van der Waals surface area contributed by atoms with Gasteiger partial charge in [-0.2, -0.15) is 5.26 Å². The van der Waals surface area contributed by atoms with Crippen molar-refractivity contribution in [3.05, 3.63) is 24.3 Å². The van der Waals surface area contributed by atoms with Gasteiger partial charge in [-0.3, -0.25) is 0 Å². The van der Waals surface area contributed by atoms with Gasteiger partial charge in [0.05, 0.1) is 24.7 Å². The van der Waals surface area contributed by atoms with Gasteiger partial charge in [0, 0.05) is 0 Å². The van der Waals surface area contributed by atoms with Crippen LogP contribution >= 0.6 is 0 Å². The minimum Gasteiger partial charge on any atom is -0.490 e. The van der Waals surface area contributed by atoms with E-state index in [1.54, 1.807) is 0 Å². The Balaban J connectivity index is 2.55. The van der Waals surface area contributed by atoms with Crippen LogP contribution in [0.2, 0.25) is 0 Å². The molecular formula is C14H19NO2. The highest BCUT2D eigenvalue weighted by Gasteiger charge is 2.16. The molecule has 3 heteroatoms. The number of para-hydroxylation sites is 2. The number of nitrogens with zero attached hydrogens (tertiary/aromatic N) is 1. The van der Waals surface area contributed by atoms with Crippen LogP contribution in [0, 0.1) is 16.7 Å². The standard InChI is InChI=1S/C14H19NO2/c1-4-16-12-7-5-6-8-13(12)17-10-9-14(2,3)11-15/h5-8H,4,9-10H2,1-3H3. The highest BCUT2D eigenvalue weighted by molar-refractivity contribution is 5.39. The Morgan fingerprint density at radius 3 is 2.29 bits per heavy atom. The summed E-state index contributed by atoms with van der Waals surface area (Å²) < 4.78 is 11.1. The molecule has 0 saturated carbocycles. The molecule has 92 valence electrons. The van der Waals surface area contributed by atoms with Gasteiger partial charge < -0.3 is 9.47 Å². The van der Waals surface area contributed by atoms with Gasteiger partial charge in [-0.1, -0.05) is 12.1 Å². The molecule has 0 fully saturated rings. The van der Waals surface area contributed by atoms with Crippen molar-refractivity contribution >= 4 is 0 Å². The molecular weight excluding hydrogens is 214 g/mol. The van der Waals surface area contributed by atoms with Gasteiger partial charge in [0.1, 0.15) is 0 Å². The third-order valence-electron chi connectivity index (χ3n) is 2.44. The summed E-state index contributed by atoms with van der Waals surface area (Å²) in [6.45, 7) is 6.89. The first-order valence-electron chi connectivity index (χ1n) is 5.85. The van der Waals surface area contributed by atoms with Gasteiger partial charge in [0.25, 0.3) is 0 Å². The van der Waals surface area contributed by atoms with E-state index in [-0.39, 0.29) is 5.41 Å². The molecule has 0 bridgehead atoms. The van der Waals surface area contributed by atoms with Crippen LogP contribution in [-0.4, -0.2) is 13.2 Å². The summed E-state index contributed by atoms with van der Waals surface area (Å²) in [5, 5.41) is 8.90. The lowest BCUT2D eigenvalue weighted by Gasteiger charge is -2.16. The number of hydrogen-bond acceptors (Lipinski definition) is 3. The van der Waals surface area contributed by atoms with Gasteiger partial charge >= 0.3 is 0 Å². The monoisotopic (exact) mass is 233 g/mol. The van der Waals surface area contributed by atoms with Crippen LogP contribution in [0.15, 0.2) is 24.3 Å². The van der Waals surface area contributed by atoms with E-state index >= 15 is 0 Å². The van der Waals surface area contributed by atoms with Crippen LogP contribution in [0.5, 0.6) is 11.5 Å². The fraction of sp³-hybridized carbons (Fsp3) is 0.500. The molecule has 0 atom stereocenters. The molecule has 0 aliphatic heterocycles. The van der Waals surface area contributed by atoms with Crippen molar-refractivity contribution in [1.82, 2.24) is 0 Å². The van der Waals surface area contributed by atoms with Crippen LogP contribution in [0.25, 0.3) is 0 Å². The summed E-state index contributed by atoms with van der Waals surface area (Å²) in [5.41, 5.74) is -0.347. The molecule has 1 aromatic rings. The average Bonchev–Trinajstić information content (AvgIpc) is 2.31. The van der Waals surface area contributed by atoms with E-state index in [0.29, 0.717) is 19.6 Å². The molecule has 0 amide bonds. The highest BCUT2D eigenvalue weighted by atomic mass is 16.5. The molecule has 17 heavy (non-hydrogen) atoms. The van der Waals surface area contributed by atoms with E-state index in [2.05, 4.69) is 6.07 Å². The van der Waals surface area contributed by atoms with E-state index in [9.17, 15) is 0 Å². The Bertz CT molecular complexity index is 393. The highest BCUT2D eigenvalue weighted by Crippen LogP contribution is 2.27. The third kappa shape index (κ3) is 4.36. The molecule has 0 aliphatic carbocycles. The minimum atomic E-state index is -0.347. The average molecular weight is 233 g/mol. The molecule has 3 nitrogen and oxygen atoms in total. The van der Waals surface area contributed by atoms with Crippen molar-refractivity contribution in [3.63, 3.8) is 0 Å². The lowest BCUT2D eigenvalue weighted by molar-refractivity contribution is 0.245. The van der Waals surface area contributed by atoms with Gasteiger partial charge in [-0.25, -0.2) is 0 Å². The number of benzene rings is 1. The number of rotatable bonds is 6. The van der Waals surface area contributed by atoms with Crippen molar-refractivity contribution in [3.8, 4) is 17.6 Å². The quantitative estimate of drug-likeness (QED) is 0.756. The first-order valence-corrected chi connectivity index (χ1v) is 5.85. The molecule has 0 unspecified atom stereocenters. The Labute approximate surface area is 103 Å². The van der Waals surface area contributed by atoms with Crippen molar-refractivity contribution in [2.45, 2.75) is 27.2 Å². The van der Waals surface area contributed by atoms with Crippen molar-refractivity contribution in [2.24, 2.45) is 5.41 Å². The first-order chi connectivity index (χ1) is 8.09. The summed E-state index contributed by atoms with van der Waals surface area (Å²) in [5.74, 6) is 1.49. The van der Waals surface area contributed by atoms with Crippen LogP contribution in [0.4, 0.5) is 0 Å². The molecule has 0 aromatic heterocycles. The second kappa shape index (κ2) is 6.15. The largest absolute Gasteiger partial charge is 0.490 e. The Morgan fingerprint density at radius 1 is 1.18 bits per heavy atom. The van der Waals surface area contributed by atoms with Crippen molar-refractivity contribution < 1.29 is 9.47 Å². The van der Waals surface area contributed by atoms with Crippen LogP contribution in [0.3, 0.4) is 0 Å². The smallest absolute Gasteiger partial charge is 0.161 e. The normalized spacial score (nSPS) is 10.7. The summed E-state index contributed by atoms with van der Waals surface area (Å²) in [4.78, 5) is 0. The maximum Gasteiger partial charge on any atom is 0.161 e. The molecule has 0 saturated heterocycles. The van der Waals surface area contributed by atoms with Crippen LogP contribution < -0.4 is 9.47 Å². The molecule has 0 spiro atoms. The number of hydrogen-bond donors (Lipinski definition) is 0. The summed E-state index contributed by atoms with van der Waals surface area (Å²) >= 11 is 0. The van der Waals surface area contributed by atoms with E-state index in [1.165, 1.54) is 0 Å². The third-order valence-corrected chi connectivity index (χ3v) is 2.44. The SMILES string of the molecule is CCOc1ccccc1OCCC(C)(C)C#N. The van der Waals surface area contributed by atoms with Crippen LogP contribution in [0.1, 0.15) is 27.2 Å². The van der Waals surface area contributed by atoms with Gasteiger partial charge in [-0.05, 0) is 39.3 Å². The Hall–Kier alpha value is -1.69. The Kier molecular flexibility index (Phi) is 4.84. The zero-order valence-corrected chi connectivity index (χ0v) is 10.7. The zero-order chi connectivity index (χ0) is 12.7. The topological polar surface area (TPSA) is 42.2 Å². The molecule has 1 aromatic carbocycles. The lowest BCUT2D eigenvalue weighted by atomic mass is 9.92. The van der Waals surface area contributed by atoms with Gasteiger partial charge in [0.15, 0.2) is 11.5 Å². The maximum atomic E-state index is 8.90. The van der Waals surface area contributed by atoms with Crippen molar-refractivity contribution in [1.29, 1.82) is 5.26 Å². The zero-order valence-electron chi connectivity index (χ0n) is 10.7. The van der Waals surface area contributed by atoms with Gasteiger partial charge in [-0.15, -0.1) is 0 Å². The number of ether oxygens (including phenoxy) is 2. The molecule has 0 radical (unpaired) electrons.